The highest BCUT2D eigenvalue weighted by Crippen LogP contribution is 2.15. The van der Waals surface area contributed by atoms with Crippen molar-refractivity contribution in [2.75, 3.05) is 13.1 Å². The molecule has 1 aromatic carbocycles. The van der Waals surface area contributed by atoms with Crippen LogP contribution in [0.3, 0.4) is 0 Å². The molecule has 0 amide bonds. The van der Waals surface area contributed by atoms with Crippen LogP contribution in [0.25, 0.3) is 0 Å². The lowest BCUT2D eigenvalue weighted by Crippen LogP contribution is -2.31. The number of hydrogen-bond acceptors (Lipinski definition) is 3. The standard InChI is InChI=1S/C11H17FN2O2S/c1-8(6-13)7-14-17(15,16)11-4-3-10(12)5-9(11)2/h3-5,8,14H,6-7,13H2,1-2H3. The highest BCUT2D eigenvalue weighted by molar-refractivity contribution is 7.89. The Morgan fingerprint density at radius 1 is 1.47 bits per heavy atom. The van der Waals surface area contributed by atoms with Gasteiger partial charge in [-0.3, -0.25) is 0 Å². The van der Waals surface area contributed by atoms with E-state index in [1.54, 1.807) is 6.92 Å². The fourth-order valence-corrected chi connectivity index (χ4v) is 2.72. The lowest BCUT2D eigenvalue weighted by atomic mass is 10.2. The van der Waals surface area contributed by atoms with Crippen molar-refractivity contribution in [2.24, 2.45) is 11.7 Å². The number of aryl methyl sites for hydroxylation is 1. The minimum absolute atomic E-state index is 0.0607. The molecule has 4 nitrogen and oxygen atoms in total. The fourth-order valence-electron chi connectivity index (χ4n) is 1.33. The smallest absolute Gasteiger partial charge is 0.240 e. The first-order valence-corrected chi connectivity index (χ1v) is 6.81. The molecule has 0 radical (unpaired) electrons. The monoisotopic (exact) mass is 260 g/mol. The summed E-state index contributed by atoms with van der Waals surface area (Å²) >= 11 is 0. The molecule has 1 rings (SSSR count). The molecule has 0 aromatic heterocycles. The van der Waals surface area contributed by atoms with Crippen LogP contribution in [0, 0.1) is 18.7 Å². The molecular formula is C11H17FN2O2S. The molecule has 0 spiro atoms. The average Bonchev–Trinajstić information content (AvgIpc) is 2.25. The third kappa shape index (κ3) is 3.76. The van der Waals surface area contributed by atoms with Crippen molar-refractivity contribution in [3.05, 3.63) is 29.6 Å². The van der Waals surface area contributed by atoms with Gasteiger partial charge in [-0.2, -0.15) is 0 Å². The summed E-state index contributed by atoms with van der Waals surface area (Å²) in [4.78, 5) is 0.100. The van der Waals surface area contributed by atoms with Gasteiger partial charge in [0.25, 0.3) is 0 Å². The van der Waals surface area contributed by atoms with Crippen LogP contribution < -0.4 is 10.5 Å². The maximum atomic E-state index is 12.9. The molecule has 0 saturated carbocycles. The van der Waals surface area contributed by atoms with E-state index in [9.17, 15) is 12.8 Å². The summed E-state index contributed by atoms with van der Waals surface area (Å²) in [5.74, 6) is -0.387. The summed E-state index contributed by atoms with van der Waals surface area (Å²) in [6.07, 6.45) is 0. The number of nitrogens with one attached hydrogen (secondary N) is 1. The molecule has 0 heterocycles. The van der Waals surface area contributed by atoms with Gasteiger partial charge in [-0.15, -0.1) is 0 Å². The highest BCUT2D eigenvalue weighted by atomic mass is 32.2. The first kappa shape index (κ1) is 14.1. The Morgan fingerprint density at radius 3 is 2.65 bits per heavy atom. The second-order valence-corrected chi connectivity index (χ2v) is 5.84. The second-order valence-electron chi connectivity index (χ2n) is 4.10. The van der Waals surface area contributed by atoms with Crippen LogP contribution >= 0.6 is 0 Å². The van der Waals surface area contributed by atoms with Crippen molar-refractivity contribution >= 4 is 10.0 Å². The van der Waals surface area contributed by atoms with E-state index in [2.05, 4.69) is 4.72 Å². The first-order chi connectivity index (χ1) is 7.86. The van der Waals surface area contributed by atoms with Gasteiger partial charge in [-0.1, -0.05) is 6.92 Å². The van der Waals surface area contributed by atoms with Crippen LogP contribution in [0.1, 0.15) is 12.5 Å². The van der Waals surface area contributed by atoms with Gasteiger partial charge in [0.1, 0.15) is 5.82 Å². The van der Waals surface area contributed by atoms with Gasteiger partial charge < -0.3 is 5.73 Å². The van der Waals surface area contributed by atoms with E-state index in [1.807, 2.05) is 6.92 Å². The predicted octanol–water partition coefficient (Wildman–Crippen LogP) is 1.01. The average molecular weight is 260 g/mol. The highest BCUT2D eigenvalue weighted by Gasteiger charge is 2.17. The van der Waals surface area contributed by atoms with Gasteiger partial charge in [0, 0.05) is 6.54 Å². The normalized spacial score (nSPS) is 13.6. The summed E-state index contributed by atoms with van der Waals surface area (Å²) in [6.45, 7) is 4.09. The van der Waals surface area contributed by atoms with Crippen LogP contribution in [-0.4, -0.2) is 21.5 Å². The number of sulfonamides is 1. The van der Waals surface area contributed by atoms with E-state index in [1.165, 1.54) is 12.1 Å². The van der Waals surface area contributed by atoms with Crippen molar-refractivity contribution in [3.8, 4) is 0 Å². The molecule has 0 saturated heterocycles. The Morgan fingerprint density at radius 2 is 2.12 bits per heavy atom. The maximum Gasteiger partial charge on any atom is 0.240 e. The molecule has 0 aliphatic carbocycles. The summed E-state index contributed by atoms with van der Waals surface area (Å²) in [6, 6.07) is 3.59. The topological polar surface area (TPSA) is 72.2 Å². The van der Waals surface area contributed by atoms with Gasteiger partial charge in [-0.05, 0) is 43.1 Å². The Labute approximate surface area is 101 Å². The van der Waals surface area contributed by atoms with Gasteiger partial charge in [0.2, 0.25) is 10.0 Å². The van der Waals surface area contributed by atoms with Crippen LogP contribution in [0.4, 0.5) is 4.39 Å². The molecule has 6 heteroatoms. The molecular weight excluding hydrogens is 243 g/mol. The Balaban J connectivity index is 2.90. The summed E-state index contributed by atoms with van der Waals surface area (Å²) in [5.41, 5.74) is 5.79. The van der Waals surface area contributed by atoms with Crippen molar-refractivity contribution < 1.29 is 12.8 Å². The largest absolute Gasteiger partial charge is 0.330 e. The molecule has 3 N–H and O–H groups in total. The minimum atomic E-state index is -3.59. The first-order valence-electron chi connectivity index (χ1n) is 5.32. The Bertz CT molecular complexity index is 488. The maximum absolute atomic E-state index is 12.9. The van der Waals surface area contributed by atoms with Crippen molar-refractivity contribution in [1.82, 2.24) is 4.72 Å². The van der Waals surface area contributed by atoms with Gasteiger partial charge in [0.05, 0.1) is 4.90 Å². The quantitative estimate of drug-likeness (QED) is 0.830. The number of benzene rings is 1. The summed E-state index contributed by atoms with van der Waals surface area (Å²) < 4.78 is 39.1. The van der Waals surface area contributed by atoms with Gasteiger partial charge in [-0.25, -0.2) is 17.5 Å². The van der Waals surface area contributed by atoms with E-state index in [0.717, 1.165) is 6.07 Å². The lowest BCUT2D eigenvalue weighted by molar-refractivity contribution is 0.544. The van der Waals surface area contributed by atoms with E-state index in [0.29, 0.717) is 12.1 Å². The lowest BCUT2D eigenvalue weighted by Gasteiger charge is -2.12. The number of hydrogen-bond donors (Lipinski definition) is 2. The van der Waals surface area contributed by atoms with Crippen LogP contribution in [-0.2, 0) is 10.0 Å². The third-order valence-corrected chi connectivity index (χ3v) is 4.03. The fraction of sp³-hybridized carbons (Fsp3) is 0.455. The number of nitrogens with two attached hydrogens (primary N) is 1. The van der Waals surface area contributed by atoms with Crippen molar-refractivity contribution in [3.63, 3.8) is 0 Å². The molecule has 0 fully saturated rings. The second kappa shape index (κ2) is 5.57. The zero-order valence-corrected chi connectivity index (χ0v) is 10.7. The van der Waals surface area contributed by atoms with Crippen LogP contribution in [0.15, 0.2) is 23.1 Å². The van der Waals surface area contributed by atoms with E-state index in [4.69, 9.17) is 5.73 Å². The van der Waals surface area contributed by atoms with E-state index < -0.39 is 15.8 Å². The Kier molecular flexibility index (Phi) is 4.62. The molecule has 96 valence electrons. The van der Waals surface area contributed by atoms with E-state index >= 15 is 0 Å². The summed E-state index contributed by atoms with van der Waals surface area (Å²) in [5, 5.41) is 0. The van der Waals surface area contributed by atoms with Gasteiger partial charge in [0.15, 0.2) is 0 Å². The van der Waals surface area contributed by atoms with Gasteiger partial charge >= 0.3 is 0 Å². The third-order valence-electron chi connectivity index (χ3n) is 2.45. The van der Waals surface area contributed by atoms with Crippen molar-refractivity contribution in [1.29, 1.82) is 0 Å². The molecule has 0 aliphatic heterocycles. The zero-order chi connectivity index (χ0) is 13.1. The van der Waals surface area contributed by atoms with Crippen molar-refractivity contribution in [2.45, 2.75) is 18.7 Å². The van der Waals surface area contributed by atoms with Crippen LogP contribution in [0.2, 0.25) is 0 Å². The molecule has 1 atom stereocenters. The van der Waals surface area contributed by atoms with Crippen LogP contribution in [0.5, 0.6) is 0 Å². The molecule has 0 aliphatic rings. The molecule has 17 heavy (non-hydrogen) atoms. The molecule has 0 bridgehead atoms. The van der Waals surface area contributed by atoms with E-state index in [-0.39, 0.29) is 17.4 Å². The SMILES string of the molecule is Cc1cc(F)ccc1S(=O)(=O)NCC(C)CN. The summed E-state index contributed by atoms with van der Waals surface area (Å²) in [7, 11) is -3.59. The molecule has 1 unspecified atom stereocenters. The minimum Gasteiger partial charge on any atom is -0.330 e. The number of rotatable bonds is 5. The molecule has 1 aromatic rings. The Hall–Kier alpha value is -0.980. The predicted molar refractivity (Wildman–Crippen MR) is 64.5 cm³/mol. The number of halogens is 1. The zero-order valence-electron chi connectivity index (χ0n) is 9.90.